The van der Waals surface area contributed by atoms with Crippen molar-refractivity contribution < 1.29 is 0 Å². The quantitative estimate of drug-likeness (QED) is 0.581. The van der Waals surface area contributed by atoms with Crippen LogP contribution < -0.4 is 5.32 Å². The number of rotatable bonds is 7. The first-order valence-corrected chi connectivity index (χ1v) is 7.36. The molecule has 0 atom stereocenters. The van der Waals surface area contributed by atoms with Gasteiger partial charge in [0.05, 0.1) is 0 Å². The van der Waals surface area contributed by atoms with Gasteiger partial charge in [-0.15, -0.1) is 11.8 Å². The molecule has 0 fully saturated rings. The van der Waals surface area contributed by atoms with Gasteiger partial charge in [-0.3, -0.25) is 0 Å². The number of hydrogen-bond donors (Lipinski definition) is 1. The first-order chi connectivity index (χ1) is 8.26. The van der Waals surface area contributed by atoms with E-state index in [0.29, 0.717) is 0 Å². The van der Waals surface area contributed by atoms with E-state index in [9.17, 15) is 0 Å². The van der Waals surface area contributed by atoms with E-state index in [2.05, 4.69) is 36.5 Å². The molecule has 0 bridgehead atoms. The van der Waals surface area contributed by atoms with Crippen molar-refractivity contribution in [1.82, 2.24) is 5.32 Å². The van der Waals surface area contributed by atoms with Crippen molar-refractivity contribution in [2.45, 2.75) is 31.7 Å². The lowest BCUT2D eigenvalue weighted by molar-refractivity contribution is 0.674. The molecule has 1 aromatic carbocycles. The average molecular weight is 270 g/mol. The summed E-state index contributed by atoms with van der Waals surface area (Å²) in [7, 11) is 0. The first-order valence-electron chi connectivity index (χ1n) is 5.94. The van der Waals surface area contributed by atoms with E-state index in [1.165, 1.54) is 22.5 Å². The number of thioether (sulfide) groups is 1. The van der Waals surface area contributed by atoms with Crippen molar-refractivity contribution in [1.29, 1.82) is 0 Å². The third kappa shape index (κ3) is 6.16. The number of halogens is 1. The second kappa shape index (κ2) is 8.62. The fourth-order valence-corrected chi connectivity index (χ4v) is 2.44. The van der Waals surface area contributed by atoms with E-state index in [1.807, 2.05) is 18.7 Å². The van der Waals surface area contributed by atoms with Crippen LogP contribution >= 0.6 is 23.4 Å². The Balaban J connectivity index is 2.47. The summed E-state index contributed by atoms with van der Waals surface area (Å²) in [6.07, 6.45) is 1.17. The molecule has 1 aromatic rings. The Bertz CT molecular complexity index is 363. The lowest BCUT2D eigenvalue weighted by atomic mass is 10.2. The van der Waals surface area contributed by atoms with Crippen LogP contribution in [0.15, 0.2) is 40.3 Å². The van der Waals surface area contributed by atoms with E-state index >= 15 is 0 Å². The van der Waals surface area contributed by atoms with Crippen LogP contribution in [0, 0.1) is 0 Å². The van der Waals surface area contributed by atoms with E-state index in [-0.39, 0.29) is 0 Å². The molecule has 0 spiro atoms. The SMILES string of the molecule is CCCNCc1cccc(SC/C(C)=C/Cl)c1. The summed E-state index contributed by atoms with van der Waals surface area (Å²) in [4.78, 5) is 1.30. The minimum atomic E-state index is 0.951. The highest BCUT2D eigenvalue weighted by atomic mass is 35.5. The van der Waals surface area contributed by atoms with Gasteiger partial charge in [-0.2, -0.15) is 0 Å². The first kappa shape index (κ1) is 14.6. The standard InChI is InChI=1S/C14H20ClNS/c1-3-7-16-10-13-5-4-6-14(8-13)17-11-12(2)9-15/h4-6,8-9,16H,3,7,10-11H2,1-2H3/b12-9+. The molecule has 1 nitrogen and oxygen atoms in total. The molecule has 0 amide bonds. The molecule has 0 heterocycles. The molecule has 1 N–H and O–H groups in total. The van der Waals surface area contributed by atoms with Gasteiger partial charge in [0.25, 0.3) is 0 Å². The van der Waals surface area contributed by atoms with E-state index in [1.54, 1.807) is 5.54 Å². The highest BCUT2D eigenvalue weighted by Crippen LogP contribution is 2.21. The highest BCUT2D eigenvalue weighted by molar-refractivity contribution is 7.99. The molecule has 0 radical (unpaired) electrons. The third-order valence-corrected chi connectivity index (χ3v) is 3.87. The lowest BCUT2D eigenvalue weighted by Gasteiger charge is -2.06. The van der Waals surface area contributed by atoms with Crippen molar-refractivity contribution in [3.63, 3.8) is 0 Å². The predicted octanol–water partition coefficient (Wildman–Crippen LogP) is 4.42. The molecule has 0 aromatic heterocycles. The summed E-state index contributed by atoms with van der Waals surface area (Å²) < 4.78 is 0. The molecule has 0 aliphatic carbocycles. The molecule has 0 saturated heterocycles. The monoisotopic (exact) mass is 269 g/mol. The van der Waals surface area contributed by atoms with Crippen LogP contribution in [-0.2, 0) is 6.54 Å². The van der Waals surface area contributed by atoms with Crippen LogP contribution in [-0.4, -0.2) is 12.3 Å². The summed E-state index contributed by atoms with van der Waals surface area (Å²) in [5.74, 6) is 0.954. The fourth-order valence-electron chi connectivity index (χ4n) is 1.38. The molecule has 0 unspecified atom stereocenters. The largest absolute Gasteiger partial charge is 0.313 e. The van der Waals surface area contributed by atoms with E-state index < -0.39 is 0 Å². The minimum absolute atomic E-state index is 0.951. The number of nitrogens with one attached hydrogen (secondary N) is 1. The molecule has 1 rings (SSSR count). The van der Waals surface area contributed by atoms with Gasteiger partial charge in [0.1, 0.15) is 0 Å². The molecular formula is C14H20ClNS. The normalized spacial score (nSPS) is 11.8. The Kier molecular flexibility index (Phi) is 7.41. The van der Waals surface area contributed by atoms with Crippen molar-refractivity contribution >= 4 is 23.4 Å². The Labute approximate surface area is 114 Å². The zero-order chi connectivity index (χ0) is 12.5. The average Bonchev–Trinajstić information content (AvgIpc) is 2.37. The van der Waals surface area contributed by atoms with Crippen molar-refractivity contribution in [2.24, 2.45) is 0 Å². The molecule has 3 heteroatoms. The zero-order valence-corrected chi connectivity index (χ0v) is 12.1. The molecule has 0 aliphatic heterocycles. The zero-order valence-electron chi connectivity index (χ0n) is 10.5. The van der Waals surface area contributed by atoms with Crippen molar-refractivity contribution in [3.05, 3.63) is 40.9 Å². The Morgan fingerprint density at radius 2 is 2.29 bits per heavy atom. The van der Waals surface area contributed by atoms with Crippen LogP contribution in [0.25, 0.3) is 0 Å². The summed E-state index contributed by atoms with van der Waals surface area (Å²) in [5, 5.41) is 3.41. The van der Waals surface area contributed by atoms with Gasteiger partial charge in [-0.25, -0.2) is 0 Å². The van der Waals surface area contributed by atoms with Gasteiger partial charge in [0.15, 0.2) is 0 Å². The molecule has 0 saturated carbocycles. The van der Waals surface area contributed by atoms with Crippen molar-refractivity contribution in [3.8, 4) is 0 Å². The van der Waals surface area contributed by atoms with Gasteiger partial charge in [0, 0.05) is 22.7 Å². The van der Waals surface area contributed by atoms with Crippen molar-refractivity contribution in [2.75, 3.05) is 12.3 Å². The Morgan fingerprint density at radius 3 is 3.00 bits per heavy atom. The number of benzene rings is 1. The molecular weight excluding hydrogens is 250 g/mol. The van der Waals surface area contributed by atoms with Crippen LogP contribution in [0.5, 0.6) is 0 Å². The smallest absolute Gasteiger partial charge is 0.0205 e. The topological polar surface area (TPSA) is 12.0 Å². The van der Waals surface area contributed by atoms with E-state index in [4.69, 9.17) is 11.6 Å². The van der Waals surface area contributed by atoms with Gasteiger partial charge in [-0.1, -0.05) is 36.2 Å². The Morgan fingerprint density at radius 1 is 1.47 bits per heavy atom. The van der Waals surface area contributed by atoms with Gasteiger partial charge in [-0.05, 0) is 37.6 Å². The Hall–Kier alpha value is -0.440. The second-order valence-electron chi connectivity index (χ2n) is 4.07. The van der Waals surface area contributed by atoms with Crippen LogP contribution in [0.1, 0.15) is 25.8 Å². The number of hydrogen-bond acceptors (Lipinski definition) is 2. The van der Waals surface area contributed by atoms with Crippen LogP contribution in [0.4, 0.5) is 0 Å². The van der Waals surface area contributed by atoms with Gasteiger partial charge >= 0.3 is 0 Å². The summed E-state index contributed by atoms with van der Waals surface area (Å²) in [6, 6.07) is 8.67. The summed E-state index contributed by atoms with van der Waals surface area (Å²) in [5.41, 5.74) is 4.20. The summed E-state index contributed by atoms with van der Waals surface area (Å²) >= 11 is 7.47. The fraction of sp³-hybridized carbons (Fsp3) is 0.429. The maximum atomic E-state index is 5.65. The highest BCUT2D eigenvalue weighted by Gasteiger charge is 1.97. The maximum absolute atomic E-state index is 5.65. The third-order valence-electron chi connectivity index (χ3n) is 2.31. The molecule has 17 heavy (non-hydrogen) atoms. The van der Waals surface area contributed by atoms with Gasteiger partial charge < -0.3 is 5.32 Å². The lowest BCUT2D eigenvalue weighted by Crippen LogP contribution is -2.13. The van der Waals surface area contributed by atoms with Crippen LogP contribution in [0.2, 0.25) is 0 Å². The summed E-state index contributed by atoms with van der Waals surface area (Å²) in [6.45, 7) is 6.26. The van der Waals surface area contributed by atoms with Crippen LogP contribution in [0.3, 0.4) is 0 Å². The maximum Gasteiger partial charge on any atom is 0.0205 e. The molecule has 94 valence electrons. The minimum Gasteiger partial charge on any atom is -0.313 e. The van der Waals surface area contributed by atoms with E-state index in [0.717, 1.165) is 18.8 Å². The van der Waals surface area contributed by atoms with Gasteiger partial charge in [0.2, 0.25) is 0 Å². The predicted molar refractivity (Wildman–Crippen MR) is 78.8 cm³/mol. The molecule has 0 aliphatic rings. The second-order valence-corrected chi connectivity index (χ2v) is 5.34.